The second-order valence-electron chi connectivity index (χ2n) is 8.33. The quantitative estimate of drug-likeness (QED) is 0.130. The summed E-state index contributed by atoms with van der Waals surface area (Å²) < 4.78 is 9.32. The summed E-state index contributed by atoms with van der Waals surface area (Å²) in [6.07, 6.45) is 1.57. The minimum Gasteiger partial charge on any atom is -0.487 e. The molecular weight excluding hydrogens is 598 g/mol. The van der Waals surface area contributed by atoms with E-state index in [0.29, 0.717) is 34.2 Å². The van der Waals surface area contributed by atoms with Gasteiger partial charge in [0.25, 0.3) is 5.91 Å². The standard InChI is InChI=1S/C29H21Br2N3O3/c30-23-14-20(15-24(31)29(23)37-18-19-8-2-1-3-9-19)16-32-33-27(35)17-34-25-12-6-4-10-21(25)28(36)22-11-5-7-13-26(22)34/h1-16H,17-18H2,(H,33,35)/b32-16-. The number of halogens is 2. The molecule has 0 bridgehead atoms. The minimum absolute atomic E-state index is 0.0122. The van der Waals surface area contributed by atoms with Gasteiger partial charge in [0.15, 0.2) is 5.43 Å². The first-order valence-electron chi connectivity index (χ1n) is 11.5. The van der Waals surface area contributed by atoms with E-state index < -0.39 is 0 Å². The highest BCUT2D eigenvalue weighted by Gasteiger charge is 2.13. The molecule has 0 saturated heterocycles. The third-order valence-electron chi connectivity index (χ3n) is 5.83. The molecule has 0 radical (unpaired) electrons. The molecule has 0 aliphatic heterocycles. The van der Waals surface area contributed by atoms with Crippen LogP contribution in [0.3, 0.4) is 0 Å². The number of pyridine rings is 1. The Labute approximate surface area is 229 Å². The maximum atomic E-state index is 12.9. The molecule has 37 heavy (non-hydrogen) atoms. The molecule has 8 heteroatoms. The number of nitrogens with one attached hydrogen (secondary N) is 1. The summed E-state index contributed by atoms with van der Waals surface area (Å²) in [7, 11) is 0. The normalized spacial score (nSPS) is 11.3. The molecule has 1 aromatic heterocycles. The topological polar surface area (TPSA) is 72.7 Å². The van der Waals surface area contributed by atoms with Crippen molar-refractivity contribution < 1.29 is 9.53 Å². The van der Waals surface area contributed by atoms with Gasteiger partial charge in [-0.25, -0.2) is 5.43 Å². The van der Waals surface area contributed by atoms with Crippen LogP contribution in [0.15, 0.2) is 110 Å². The van der Waals surface area contributed by atoms with Gasteiger partial charge in [-0.15, -0.1) is 0 Å². The summed E-state index contributed by atoms with van der Waals surface area (Å²) in [6.45, 7) is 0.453. The van der Waals surface area contributed by atoms with Crippen LogP contribution < -0.4 is 15.6 Å². The number of hydrogen-bond acceptors (Lipinski definition) is 4. The van der Waals surface area contributed by atoms with E-state index in [1.807, 2.05) is 83.4 Å². The Morgan fingerprint density at radius 3 is 2.05 bits per heavy atom. The second kappa shape index (κ2) is 11.1. The Hall–Kier alpha value is -3.75. The Morgan fingerprint density at radius 2 is 1.43 bits per heavy atom. The average molecular weight is 619 g/mol. The van der Waals surface area contributed by atoms with Crippen LogP contribution in [-0.2, 0) is 17.9 Å². The summed E-state index contributed by atoms with van der Waals surface area (Å²) >= 11 is 7.11. The Balaban J connectivity index is 1.31. The van der Waals surface area contributed by atoms with Crippen LogP contribution in [0.1, 0.15) is 11.1 Å². The number of fused-ring (bicyclic) bond motifs is 2. The lowest BCUT2D eigenvalue weighted by Crippen LogP contribution is -2.25. The number of amides is 1. The van der Waals surface area contributed by atoms with E-state index >= 15 is 0 Å². The van der Waals surface area contributed by atoms with Crippen LogP contribution in [-0.4, -0.2) is 16.7 Å². The second-order valence-corrected chi connectivity index (χ2v) is 10.0. The summed E-state index contributed by atoms with van der Waals surface area (Å²) in [5.41, 5.74) is 5.78. The first-order chi connectivity index (χ1) is 18.0. The number of para-hydroxylation sites is 2. The number of ether oxygens (including phenoxy) is 1. The van der Waals surface area contributed by atoms with E-state index in [1.165, 1.54) is 0 Å². The van der Waals surface area contributed by atoms with E-state index in [9.17, 15) is 9.59 Å². The molecule has 0 unspecified atom stereocenters. The molecule has 184 valence electrons. The van der Waals surface area contributed by atoms with Crippen molar-refractivity contribution in [3.8, 4) is 5.75 Å². The van der Waals surface area contributed by atoms with Crippen LogP contribution in [0.2, 0.25) is 0 Å². The number of nitrogens with zero attached hydrogens (tertiary/aromatic N) is 2. The van der Waals surface area contributed by atoms with Crippen molar-refractivity contribution in [3.05, 3.63) is 121 Å². The molecule has 1 heterocycles. The SMILES string of the molecule is O=C(Cn1c2ccccc2c(=O)c2ccccc21)N/N=C\c1cc(Br)c(OCc2ccccc2)c(Br)c1. The van der Waals surface area contributed by atoms with Gasteiger partial charge in [0.05, 0.1) is 26.2 Å². The van der Waals surface area contributed by atoms with Crippen LogP contribution >= 0.6 is 31.9 Å². The molecule has 0 spiro atoms. The molecule has 6 nitrogen and oxygen atoms in total. The lowest BCUT2D eigenvalue weighted by atomic mass is 10.1. The highest BCUT2D eigenvalue weighted by atomic mass is 79.9. The van der Waals surface area contributed by atoms with Gasteiger partial charge in [-0.05, 0) is 79.4 Å². The molecule has 1 amide bonds. The Bertz CT molecular complexity index is 1620. The third kappa shape index (κ3) is 5.50. The van der Waals surface area contributed by atoms with E-state index in [2.05, 4.69) is 42.4 Å². The van der Waals surface area contributed by atoms with E-state index in [4.69, 9.17) is 4.74 Å². The van der Waals surface area contributed by atoms with E-state index in [0.717, 1.165) is 20.1 Å². The zero-order valence-corrected chi connectivity index (χ0v) is 22.7. The van der Waals surface area contributed by atoms with Gasteiger partial charge in [0.1, 0.15) is 18.9 Å². The molecule has 1 N–H and O–H groups in total. The lowest BCUT2D eigenvalue weighted by molar-refractivity contribution is -0.121. The number of carbonyl (C=O) groups is 1. The first-order valence-corrected chi connectivity index (χ1v) is 13.1. The number of hydrazone groups is 1. The zero-order valence-electron chi connectivity index (χ0n) is 19.5. The Morgan fingerprint density at radius 1 is 0.865 bits per heavy atom. The Kier molecular flexibility index (Phi) is 7.48. The van der Waals surface area contributed by atoms with Crippen LogP contribution in [0.5, 0.6) is 5.75 Å². The van der Waals surface area contributed by atoms with Gasteiger partial charge in [0.2, 0.25) is 0 Å². The average Bonchev–Trinajstić information content (AvgIpc) is 2.91. The van der Waals surface area contributed by atoms with Crippen molar-refractivity contribution in [2.75, 3.05) is 0 Å². The molecule has 0 saturated carbocycles. The summed E-state index contributed by atoms with van der Waals surface area (Å²) in [5.74, 6) is 0.373. The number of benzene rings is 4. The summed E-state index contributed by atoms with van der Waals surface area (Å²) in [5, 5.41) is 5.28. The van der Waals surface area contributed by atoms with Crippen molar-refractivity contribution in [3.63, 3.8) is 0 Å². The molecule has 5 aromatic rings. The fraction of sp³-hybridized carbons (Fsp3) is 0.0690. The van der Waals surface area contributed by atoms with Gasteiger partial charge in [-0.2, -0.15) is 5.10 Å². The van der Waals surface area contributed by atoms with Crippen molar-refractivity contribution in [1.29, 1.82) is 0 Å². The molecule has 0 aliphatic rings. The minimum atomic E-state index is -0.309. The van der Waals surface area contributed by atoms with Gasteiger partial charge >= 0.3 is 0 Å². The van der Waals surface area contributed by atoms with Crippen LogP contribution in [0, 0.1) is 0 Å². The summed E-state index contributed by atoms with van der Waals surface area (Å²) in [6, 6.07) is 28.2. The molecule has 0 atom stereocenters. The predicted octanol–water partition coefficient (Wildman–Crippen LogP) is 6.41. The fourth-order valence-corrected chi connectivity index (χ4v) is 5.58. The molecule has 5 rings (SSSR count). The van der Waals surface area contributed by atoms with E-state index in [1.54, 1.807) is 18.3 Å². The van der Waals surface area contributed by atoms with Crippen molar-refractivity contribution in [2.24, 2.45) is 5.10 Å². The number of hydrogen-bond donors (Lipinski definition) is 1. The fourth-order valence-electron chi connectivity index (χ4n) is 4.13. The third-order valence-corrected chi connectivity index (χ3v) is 7.01. The first kappa shape index (κ1) is 24.9. The largest absolute Gasteiger partial charge is 0.487 e. The van der Waals surface area contributed by atoms with E-state index in [-0.39, 0.29) is 17.9 Å². The monoisotopic (exact) mass is 617 g/mol. The van der Waals surface area contributed by atoms with Gasteiger partial charge in [0, 0.05) is 10.8 Å². The maximum absolute atomic E-state index is 12.9. The lowest BCUT2D eigenvalue weighted by Gasteiger charge is -2.14. The van der Waals surface area contributed by atoms with Crippen molar-refractivity contribution in [1.82, 2.24) is 9.99 Å². The predicted molar refractivity (Wildman–Crippen MR) is 154 cm³/mol. The van der Waals surface area contributed by atoms with Crippen LogP contribution in [0.4, 0.5) is 0 Å². The highest BCUT2D eigenvalue weighted by Crippen LogP contribution is 2.35. The number of rotatable bonds is 7. The van der Waals surface area contributed by atoms with Gasteiger partial charge in [-0.1, -0.05) is 54.6 Å². The number of aromatic nitrogens is 1. The maximum Gasteiger partial charge on any atom is 0.260 e. The molecule has 4 aromatic carbocycles. The highest BCUT2D eigenvalue weighted by molar-refractivity contribution is 9.11. The van der Waals surface area contributed by atoms with Gasteiger partial charge in [-0.3, -0.25) is 9.59 Å². The van der Waals surface area contributed by atoms with Crippen LogP contribution in [0.25, 0.3) is 21.8 Å². The summed E-state index contributed by atoms with van der Waals surface area (Å²) in [4.78, 5) is 25.7. The molecule has 0 aliphatic carbocycles. The zero-order chi connectivity index (χ0) is 25.8. The molecule has 0 fully saturated rings. The van der Waals surface area contributed by atoms with Crippen molar-refractivity contribution >= 4 is 65.8 Å². The van der Waals surface area contributed by atoms with Gasteiger partial charge < -0.3 is 9.30 Å². The van der Waals surface area contributed by atoms with Crippen molar-refractivity contribution in [2.45, 2.75) is 13.2 Å². The smallest absolute Gasteiger partial charge is 0.260 e. The number of carbonyl (C=O) groups excluding carboxylic acids is 1. The molecular formula is C29H21Br2N3O3.